The number of rotatable bonds is 3. The van der Waals surface area contributed by atoms with Crippen LogP contribution >= 0.6 is 0 Å². The quantitative estimate of drug-likeness (QED) is 0.428. The molecule has 0 amide bonds. The van der Waals surface area contributed by atoms with Gasteiger partial charge >= 0.3 is 0 Å². The maximum Gasteiger partial charge on any atom is 0.185 e. The Bertz CT molecular complexity index is 416. The van der Waals surface area contributed by atoms with Gasteiger partial charge in [0.05, 0.1) is 11.3 Å². The second kappa shape index (κ2) is 5.61. The van der Waals surface area contributed by atoms with Crippen LogP contribution in [0.3, 0.4) is 0 Å². The lowest BCUT2D eigenvalue weighted by Crippen LogP contribution is -1.98. The highest BCUT2D eigenvalue weighted by molar-refractivity contribution is 5.78. The summed E-state index contributed by atoms with van der Waals surface area (Å²) in [5, 5.41) is 8.83. The first kappa shape index (κ1) is 11.0. The molecule has 0 aliphatic heterocycles. The maximum atomic E-state index is 8.83. The molecule has 0 bridgehead atoms. The van der Waals surface area contributed by atoms with Crippen molar-refractivity contribution in [3.63, 3.8) is 0 Å². The van der Waals surface area contributed by atoms with Crippen molar-refractivity contribution < 1.29 is 4.74 Å². The standard InChI is InChI=1S/C12H12N2O/c1-3-8-15-10(2)14-12-7-5-4-6-11(12)9-13/h3-7H,1,8H2,2H3/b14-10+. The Labute approximate surface area is 89.3 Å². The second-order valence-electron chi connectivity index (χ2n) is 2.86. The average molecular weight is 200 g/mol. The van der Waals surface area contributed by atoms with Crippen LogP contribution < -0.4 is 0 Å². The predicted molar refractivity (Wildman–Crippen MR) is 60.1 cm³/mol. The molecule has 0 aliphatic rings. The number of para-hydroxylation sites is 1. The summed E-state index contributed by atoms with van der Waals surface area (Å²) in [4.78, 5) is 4.19. The Morgan fingerprint density at radius 1 is 1.60 bits per heavy atom. The van der Waals surface area contributed by atoms with Gasteiger partial charge in [0, 0.05) is 6.92 Å². The summed E-state index contributed by atoms with van der Waals surface area (Å²) in [7, 11) is 0. The van der Waals surface area contributed by atoms with Crippen LogP contribution in [0.2, 0.25) is 0 Å². The lowest BCUT2D eigenvalue weighted by atomic mass is 10.2. The van der Waals surface area contributed by atoms with Gasteiger partial charge in [-0.15, -0.1) is 0 Å². The van der Waals surface area contributed by atoms with Gasteiger partial charge in [-0.05, 0) is 12.1 Å². The minimum Gasteiger partial charge on any atom is -0.477 e. The van der Waals surface area contributed by atoms with Crippen molar-refractivity contribution in [3.8, 4) is 6.07 Å². The third kappa shape index (κ3) is 3.28. The van der Waals surface area contributed by atoms with Crippen LogP contribution in [0.15, 0.2) is 41.9 Å². The number of hydrogen-bond acceptors (Lipinski definition) is 3. The monoisotopic (exact) mass is 200 g/mol. The van der Waals surface area contributed by atoms with Gasteiger partial charge in [0.25, 0.3) is 0 Å². The van der Waals surface area contributed by atoms with Crippen molar-refractivity contribution in [2.45, 2.75) is 6.92 Å². The SMILES string of the molecule is C=CCO/C(C)=N/c1ccccc1C#N. The zero-order chi connectivity index (χ0) is 11.1. The van der Waals surface area contributed by atoms with E-state index in [1.165, 1.54) is 0 Å². The van der Waals surface area contributed by atoms with Gasteiger partial charge in [-0.3, -0.25) is 0 Å². The smallest absolute Gasteiger partial charge is 0.185 e. The lowest BCUT2D eigenvalue weighted by molar-refractivity contribution is 0.348. The highest BCUT2D eigenvalue weighted by atomic mass is 16.5. The Hall–Kier alpha value is -2.08. The number of nitriles is 1. The molecule has 0 heterocycles. The molecular formula is C12H12N2O. The minimum atomic E-state index is 0.421. The van der Waals surface area contributed by atoms with E-state index in [0.29, 0.717) is 23.8 Å². The van der Waals surface area contributed by atoms with Gasteiger partial charge in [-0.2, -0.15) is 5.26 Å². The molecule has 0 fully saturated rings. The number of hydrogen-bond donors (Lipinski definition) is 0. The van der Waals surface area contributed by atoms with E-state index in [2.05, 4.69) is 17.6 Å². The Kier molecular flexibility index (Phi) is 4.11. The van der Waals surface area contributed by atoms with Crippen molar-refractivity contribution in [1.29, 1.82) is 5.26 Å². The first-order valence-corrected chi connectivity index (χ1v) is 4.56. The number of benzene rings is 1. The number of aliphatic imine (C=N–C) groups is 1. The topological polar surface area (TPSA) is 45.4 Å². The van der Waals surface area contributed by atoms with Crippen molar-refractivity contribution in [2.75, 3.05) is 6.61 Å². The first-order chi connectivity index (χ1) is 7.27. The molecule has 3 nitrogen and oxygen atoms in total. The van der Waals surface area contributed by atoms with E-state index in [0.717, 1.165) is 0 Å². The molecule has 0 N–H and O–H groups in total. The molecule has 76 valence electrons. The molecule has 1 aromatic rings. The summed E-state index contributed by atoms with van der Waals surface area (Å²) < 4.78 is 5.22. The zero-order valence-corrected chi connectivity index (χ0v) is 8.60. The van der Waals surface area contributed by atoms with Crippen molar-refractivity contribution >= 4 is 11.6 Å². The summed E-state index contributed by atoms with van der Waals surface area (Å²) in [6, 6.07) is 9.21. The molecule has 0 atom stereocenters. The van der Waals surface area contributed by atoms with Crippen molar-refractivity contribution in [1.82, 2.24) is 0 Å². The van der Waals surface area contributed by atoms with Gasteiger partial charge in [0.2, 0.25) is 0 Å². The molecule has 0 radical (unpaired) electrons. The first-order valence-electron chi connectivity index (χ1n) is 4.56. The zero-order valence-electron chi connectivity index (χ0n) is 8.60. The highest BCUT2D eigenvalue weighted by Crippen LogP contribution is 2.17. The summed E-state index contributed by atoms with van der Waals surface area (Å²) in [6.45, 7) is 5.71. The molecule has 15 heavy (non-hydrogen) atoms. The molecule has 0 aliphatic carbocycles. The molecule has 1 rings (SSSR count). The van der Waals surface area contributed by atoms with Gasteiger partial charge in [-0.1, -0.05) is 24.8 Å². The second-order valence-corrected chi connectivity index (χ2v) is 2.86. The van der Waals surface area contributed by atoms with E-state index in [9.17, 15) is 0 Å². The van der Waals surface area contributed by atoms with Crippen LogP contribution in [0.4, 0.5) is 5.69 Å². The molecular weight excluding hydrogens is 188 g/mol. The molecule has 0 aromatic heterocycles. The molecule has 0 saturated heterocycles. The van der Waals surface area contributed by atoms with Crippen LogP contribution in [0.1, 0.15) is 12.5 Å². The lowest BCUT2D eigenvalue weighted by Gasteiger charge is -2.02. The van der Waals surface area contributed by atoms with Crippen LogP contribution in [-0.4, -0.2) is 12.5 Å². The fourth-order valence-corrected chi connectivity index (χ4v) is 1.05. The van der Waals surface area contributed by atoms with E-state index < -0.39 is 0 Å². The largest absolute Gasteiger partial charge is 0.477 e. The molecule has 0 saturated carbocycles. The molecule has 3 heteroatoms. The third-order valence-corrected chi connectivity index (χ3v) is 1.71. The maximum absolute atomic E-state index is 8.83. The van der Waals surface area contributed by atoms with Crippen LogP contribution in [0.25, 0.3) is 0 Å². The average Bonchev–Trinajstić information content (AvgIpc) is 2.27. The highest BCUT2D eigenvalue weighted by Gasteiger charge is 1.99. The van der Waals surface area contributed by atoms with E-state index in [1.54, 1.807) is 31.2 Å². The van der Waals surface area contributed by atoms with E-state index in [1.807, 2.05) is 6.07 Å². The van der Waals surface area contributed by atoms with E-state index in [4.69, 9.17) is 10.00 Å². The van der Waals surface area contributed by atoms with Crippen molar-refractivity contribution in [3.05, 3.63) is 42.5 Å². The van der Waals surface area contributed by atoms with E-state index in [-0.39, 0.29) is 0 Å². The molecule has 1 aromatic carbocycles. The normalized spacial score (nSPS) is 10.5. The summed E-state index contributed by atoms with van der Waals surface area (Å²) in [5.74, 6) is 0.526. The minimum absolute atomic E-state index is 0.421. The molecule has 0 unspecified atom stereocenters. The number of nitrogens with zero attached hydrogens (tertiary/aromatic N) is 2. The van der Waals surface area contributed by atoms with Crippen LogP contribution in [-0.2, 0) is 4.74 Å². The van der Waals surface area contributed by atoms with Crippen molar-refractivity contribution in [2.24, 2.45) is 4.99 Å². The third-order valence-electron chi connectivity index (χ3n) is 1.71. The predicted octanol–water partition coefficient (Wildman–Crippen LogP) is 2.81. The van der Waals surface area contributed by atoms with E-state index >= 15 is 0 Å². The summed E-state index contributed by atoms with van der Waals surface area (Å²) in [5.41, 5.74) is 1.17. The van der Waals surface area contributed by atoms with Crippen LogP contribution in [0.5, 0.6) is 0 Å². The molecule has 0 spiro atoms. The number of ether oxygens (including phenoxy) is 1. The van der Waals surface area contributed by atoms with Gasteiger partial charge in [-0.25, -0.2) is 4.99 Å². The fraction of sp³-hybridized carbons (Fsp3) is 0.167. The summed E-state index contributed by atoms with van der Waals surface area (Å²) >= 11 is 0. The van der Waals surface area contributed by atoms with Gasteiger partial charge < -0.3 is 4.74 Å². The summed E-state index contributed by atoms with van der Waals surface area (Å²) in [6.07, 6.45) is 1.65. The fourth-order valence-electron chi connectivity index (χ4n) is 1.05. The Morgan fingerprint density at radius 3 is 3.00 bits per heavy atom. The Morgan fingerprint density at radius 2 is 2.33 bits per heavy atom. The Balaban J connectivity index is 2.88. The van der Waals surface area contributed by atoms with Crippen LogP contribution in [0, 0.1) is 11.3 Å². The van der Waals surface area contributed by atoms with Gasteiger partial charge in [0.1, 0.15) is 12.7 Å². The van der Waals surface area contributed by atoms with Gasteiger partial charge in [0.15, 0.2) is 5.90 Å².